The molecule has 5 heteroatoms. The molecule has 0 atom stereocenters. The number of nitrogen functional groups attached to an aromatic ring is 1. The van der Waals surface area contributed by atoms with Crippen molar-refractivity contribution in [3.8, 4) is 0 Å². The molecule has 0 aliphatic rings. The summed E-state index contributed by atoms with van der Waals surface area (Å²) in [5.74, 6) is -0.560. The van der Waals surface area contributed by atoms with Gasteiger partial charge in [0, 0.05) is 12.3 Å². The number of nitrogens with zero attached hydrogens (tertiary/aromatic N) is 1. The molecule has 0 saturated carbocycles. The molecule has 0 aliphatic carbocycles. The molecular weight excluding hydrogens is 222 g/mol. The molecule has 0 aromatic carbocycles. The van der Waals surface area contributed by atoms with Crippen molar-refractivity contribution in [3.05, 3.63) is 22.7 Å². The normalized spacial score (nSPS) is 8.60. The fraction of sp³-hybridized carbons (Fsp3) is 0. The molecule has 0 spiro atoms. The molecule has 1 aromatic rings. The Morgan fingerprint density at radius 1 is 1.60 bits per heavy atom. The molecule has 10 heavy (non-hydrogen) atoms. The third kappa shape index (κ3) is 2.11. The van der Waals surface area contributed by atoms with E-state index in [9.17, 15) is 4.39 Å². The van der Waals surface area contributed by atoms with E-state index in [1.54, 1.807) is 0 Å². The maximum Gasteiger partial charge on any atom is 0.214 e. The number of pyridine rings is 1. The molecule has 1 aromatic heterocycles. The summed E-state index contributed by atoms with van der Waals surface area (Å²) < 4.78 is 12.8. The Labute approximate surface area is 72.2 Å². The number of anilines is 1. The van der Waals surface area contributed by atoms with E-state index < -0.39 is 5.95 Å². The van der Waals surface area contributed by atoms with Gasteiger partial charge in [-0.05, 0) is 15.9 Å². The second-order valence-electron chi connectivity index (χ2n) is 1.53. The third-order valence-electron chi connectivity index (χ3n) is 0.852. The van der Waals surface area contributed by atoms with E-state index >= 15 is 0 Å². The van der Waals surface area contributed by atoms with E-state index in [0.29, 0.717) is 10.2 Å². The first-order valence-corrected chi connectivity index (χ1v) is 3.06. The lowest BCUT2D eigenvalue weighted by molar-refractivity contribution is 0.584. The van der Waals surface area contributed by atoms with Crippen molar-refractivity contribution in [2.45, 2.75) is 0 Å². The quantitative estimate of drug-likeness (QED) is 0.689. The highest BCUT2D eigenvalue weighted by atomic mass is 79.9. The monoisotopic (exact) mass is 226 g/mol. The molecular formula is C5H5BrClFN2. The fourth-order valence-electron chi connectivity index (χ4n) is 0.427. The molecule has 0 radical (unpaired) electrons. The summed E-state index contributed by atoms with van der Waals surface area (Å²) in [4.78, 5) is 3.35. The summed E-state index contributed by atoms with van der Waals surface area (Å²) in [6.45, 7) is 0. The van der Waals surface area contributed by atoms with Gasteiger partial charge in [0.25, 0.3) is 0 Å². The lowest BCUT2D eigenvalue weighted by Gasteiger charge is -1.93. The Morgan fingerprint density at radius 2 is 2.20 bits per heavy atom. The summed E-state index contributed by atoms with van der Waals surface area (Å²) in [6.07, 6.45) is 1.32. The summed E-state index contributed by atoms with van der Waals surface area (Å²) >= 11 is 3.08. The van der Waals surface area contributed by atoms with Gasteiger partial charge in [0.15, 0.2) is 0 Å². The van der Waals surface area contributed by atoms with Crippen molar-refractivity contribution in [2.24, 2.45) is 0 Å². The first-order valence-electron chi connectivity index (χ1n) is 2.26. The zero-order chi connectivity index (χ0) is 6.85. The second-order valence-corrected chi connectivity index (χ2v) is 2.38. The highest BCUT2D eigenvalue weighted by molar-refractivity contribution is 9.10. The van der Waals surface area contributed by atoms with Crippen molar-refractivity contribution in [1.82, 2.24) is 4.98 Å². The number of rotatable bonds is 0. The molecule has 0 fully saturated rings. The van der Waals surface area contributed by atoms with Gasteiger partial charge in [-0.25, -0.2) is 4.98 Å². The maximum atomic E-state index is 12.1. The Bertz CT molecular complexity index is 231. The van der Waals surface area contributed by atoms with Gasteiger partial charge in [-0.2, -0.15) is 4.39 Å². The number of halogens is 3. The summed E-state index contributed by atoms with van der Waals surface area (Å²) in [5.41, 5.74) is 5.66. The average Bonchev–Trinajstić information content (AvgIpc) is 1.80. The van der Waals surface area contributed by atoms with Crippen LogP contribution in [0.4, 0.5) is 10.1 Å². The van der Waals surface area contributed by atoms with Crippen LogP contribution in [-0.4, -0.2) is 4.98 Å². The van der Waals surface area contributed by atoms with Crippen molar-refractivity contribution in [3.63, 3.8) is 0 Å². The van der Waals surface area contributed by atoms with E-state index in [0.717, 1.165) is 6.07 Å². The van der Waals surface area contributed by atoms with Crippen molar-refractivity contribution < 1.29 is 4.39 Å². The molecule has 1 rings (SSSR count). The summed E-state index contributed by atoms with van der Waals surface area (Å²) in [6, 6.07) is 1.16. The van der Waals surface area contributed by atoms with Gasteiger partial charge in [-0.15, -0.1) is 12.4 Å². The van der Waals surface area contributed by atoms with Crippen LogP contribution >= 0.6 is 28.3 Å². The van der Waals surface area contributed by atoms with Gasteiger partial charge in [0.2, 0.25) is 5.95 Å². The van der Waals surface area contributed by atoms with E-state index in [2.05, 4.69) is 20.9 Å². The molecule has 0 saturated heterocycles. The maximum absolute atomic E-state index is 12.1. The van der Waals surface area contributed by atoms with E-state index in [-0.39, 0.29) is 12.4 Å². The molecule has 0 bridgehead atoms. The topological polar surface area (TPSA) is 38.9 Å². The zero-order valence-corrected chi connectivity index (χ0v) is 7.25. The first-order chi connectivity index (χ1) is 4.20. The summed E-state index contributed by atoms with van der Waals surface area (Å²) in [5, 5.41) is 0. The molecule has 2 nitrogen and oxygen atoms in total. The predicted octanol–water partition coefficient (Wildman–Crippen LogP) is 1.99. The van der Waals surface area contributed by atoms with E-state index in [4.69, 9.17) is 5.73 Å². The van der Waals surface area contributed by atoms with Gasteiger partial charge in [0.05, 0.1) is 10.2 Å². The lowest BCUT2D eigenvalue weighted by Crippen LogP contribution is -1.89. The van der Waals surface area contributed by atoms with Crippen LogP contribution < -0.4 is 5.73 Å². The zero-order valence-electron chi connectivity index (χ0n) is 4.84. The first kappa shape index (κ1) is 9.65. The second kappa shape index (κ2) is 3.73. The lowest BCUT2D eigenvalue weighted by atomic mass is 10.4. The molecule has 1 heterocycles. The fourth-order valence-corrected chi connectivity index (χ4v) is 0.644. The highest BCUT2D eigenvalue weighted by Crippen LogP contribution is 2.16. The van der Waals surface area contributed by atoms with Crippen molar-refractivity contribution in [2.75, 3.05) is 5.73 Å². The van der Waals surface area contributed by atoms with Gasteiger partial charge >= 0.3 is 0 Å². The number of hydrogen-bond acceptors (Lipinski definition) is 2. The SMILES string of the molecule is Cl.Nc1cc(F)ncc1Br. The smallest absolute Gasteiger partial charge is 0.214 e. The number of hydrogen-bond donors (Lipinski definition) is 1. The predicted molar refractivity (Wildman–Crippen MR) is 43.6 cm³/mol. The summed E-state index contributed by atoms with van der Waals surface area (Å²) in [7, 11) is 0. The molecule has 0 amide bonds. The highest BCUT2D eigenvalue weighted by Gasteiger charge is 1.95. The molecule has 0 aliphatic heterocycles. The minimum atomic E-state index is -0.560. The molecule has 56 valence electrons. The van der Waals surface area contributed by atoms with Crippen molar-refractivity contribution in [1.29, 1.82) is 0 Å². The van der Waals surface area contributed by atoms with Crippen molar-refractivity contribution >= 4 is 34.0 Å². The van der Waals surface area contributed by atoms with Crippen LogP contribution in [0.2, 0.25) is 0 Å². The van der Waals surface area contributed by atoms with E-state index in [1.165, 1.54) is 6.20 Å². The Balaban J connectivity index is 0.000000810. The van der Waals surface area contributed by atoms with Gasteiger partial charge in [0.1, 0.15) is 0 Å². The van der Waals surface area contributed by atoms with E-state index in [1.807, 2.05) is 0 Å². The molecule has 2 N–H and O–H groups in total. The van der Waals surface area contributed by atoms with Gasteiger partial charge in [-0.1, -0.05) is 0 Å². The van der Waals surface area contributed by atoms with Crippen LogP contribution in [0.3, 0.4) is 0 Å². The van der Waals surface area contributed by atoms with Crippen LogP contribution in [-0.2, 0) is 0 Å². The Hall–Kier alpha value is -0.350. The van der Waals surface area contributed by atoms with Crippen LogP contribution in [0.5, 0.6) is 0 Å². The Kier molecular flexibility index (Phi) is 3.60. The van der Waals surface area contributed by atoms with Crippen LogP contribution in [0, 0.1) is 5.95 Å². The van der Waals surface area contributed by atoms with Gasteiger partial charge < -0.3 is 5.73 Å². The van der Waals surface area contributed by atoms with Crippen LogP contribution in [0.1, 0.15) is 0 Å². The minimum Gasteiger partial charge on any atom is -0.398 e. The van der Waals surface area contributed by atoms with Crippen LogP contribution in [0.15, 0.2) is 16.7 Å². The third-order valence-corrected chi connectivity index (χ3v) is 1.51. The number of aromatic nitrogens is 1. The van der Waals surface area contributed by atoms with Gasteiger partial charge in [-0.3, -0.25) is 0 Å². The Morgan fingerprint density at radius 3 is 2.60 bits per heavy atom. The largest absolute Gasteiger partial charge is 0.398 e. The van der Waals surface area contributed by atoms with Crippen LogP contribution in [0.25, 0.3) is 0 Å². The minimum absolute atomic E-state index is 0. The number of nitrogens with two attached hydrogens (primary N) is 1. The molecule has 0 unspecified atom stereocenters. The average molecular weight is 227 g/mol. The standard InChI is InChI=1S/C5H4BrFN2.ClH/c6-3-2-9-5(7)1-4(3)8;/h1-2H,(H2,8,9);1H.